The van der Waals surface area contributed by atoms with E-state index in [1.807, 2.05) is 19.9 Å². The number of nitrogens with zero attached hydrogens (tertiary/aromatic N) is 1. The summed E-state index contributed by atoms with van der Waals surface area (Å²) in [6.45, 7) is 3.83. The van der Waals surface area contributed by atoms with Gasteiger partial charge in [-0.25, -0.2) is 4.98 Å². The molecule has 0 aliphatic heterocycles. The second-order valence-electron chi connectivity index (χ2n) is 4.02. The third-order valence-electron chi connectivity index (χ3n) is 2.66. The summed E-state index contributed by atoms with van der Waals surface area (Å²) in [5.74, 6) is 0.246. The van der Waals surface area contributed by atoms with Crippen LogP contribution in [0.25, 0.3) is 11.3 Å². The molecule has 2 rings (SSSR count). The molecule has 1 aromatic carbocycles. The van der Waals surface area contributed by atoms with Crippen molar-refractivity contribution < 1.29 is 9.90 Å². The Bertz CT molecular complexity index is 553. The summed E-state index contributed by atoms with van der Waals surface area (Å²) in [7, 11) is 0. The van der Waals surface area contributed by atoms with Crippen LogP contribution in [-0.2, 0) is 0 Å². The molecule has 86 valence electrons. The second kappa shape index (κ2) is 4.37. The summed E-state index contributed by atoms with van der Waals surface area (Å²) in [5, 5.41) is 9.49. The number of phenolic OH excluding ortho intramolecular Hbond substituents is 1. The third kappa shape index (κ3) is 2.18. The van der Waals surface area contributed by atoms with Crippen LogP contribution >= 0.6 is 0 Å². The maximum absolute atomic E-state index is 10.7. The monoisotopic (exact) mass is 227 g/mol. The molecule has 0 saturated carbocycles. The number of hydrogen-bond donors (Lipinski definition) is 1. The highest BCUT2D eigenvalue weighted by Crippen LogP contribution is 2.29. The van der Waals surface area contributed by atoms with E-state index in [1.165, 1.54) is 0 Å². The van der Waals surface area contributed by atoms with Crippen LogP contribution in [0.3, 0.4) is 0 Å². The summed E-state index contributed by atoms with van der Waals surface area (Å²) in [4.78, 5) is 15.0. The average Bonchev–Trinajstić information content (AvgIpc) is 2.28. The van der Waals surface area contributed by atoms with Crippen LogP contribution in [0.5, 0.6) is 5.75 Å². The summed E-state index contributed by atoms with van der Waals surface area (Å²) in [6, 6.07) is 8.72. The summed E-state index contributed by atoms with van der Waals surface area (Å²) in [5.41, 5.74) is 4.02. The molecule has 1 N–H and O–H groups in total. The normalized spacial score (nSPS) is 10.2. The quantitative estimate of drug-likeness (QED) is 0.802. The predicted molar refractivity (Wildman–Crippen MR) is 66.2 cm³/mol. The Morgan fingerprint density at radius 1 is 1.18 bits per heavy atom. The number of carbonyl (C=O) groups is 1. The third-order valence-corrected chi connectivity index (χ3v) is 2.66. The van der Waals surface area contributed by atoms with Gasteiger partial charge in [-0.15, -0.1) is 0 Å². The Kier molecular flexibility index (Phi) is 2.91. The summed E-state index contributed by atoms with van der Waals surface area (Å²) < 4.78 is 0. The first-order valence-electron chi connectivity index (χ1n) is 5.34. The first kappa shape index (κ1) is 11.3. The molecule has 0 bridgehead atoms. The zero-order chi connectivity index (χ0) is 12.4. The number of hydrogen-bond acceptors (Lipinski definition) is 3. The van der Waals surface area contributed by atoms with Crippen LogP contribution < -0.4 is 0 Å². The smallest absolute Gasteiger partial charge is 0.168 e. The van der Waals surface area contributed by atoms with Crippen molar-refractivity contribution in [2.24, 2.45) is 0 Å². The summed E-state index contributed by atoms with van der Waals surface area (Å²) >= 11 is 0. The van der Waals surface area contributed by atoms with E-state index in [2.05, 4.69) is 4.98 Å². The van der Waals surface area contributed by atoms with Gasteiger partial charge < -0.3 is 5.11 Å². The van der Waals surface area contributed by atoms with Gasteiger partial charge in [0.2, 0.25) is 0 Å². The number of rotatable bonds is 2. The molecule has 3 nitrogen and oxygen atoms in total. The van der Waals surface area contributed by atoms with Gasteiger partial charge in [-0.2, -0.15) is 0 Å². The number of aryl methyl sites for hydroxylation is 2. The minimum absolute atomic E-state index is 0.246. The lowest BCUT2D eigenvalue weighted by molar-refractivity contribution is 0.111. The Labute approximate surface area is 99.8 Å². The zero-order valence-corrected chi connectivity index (χ0v) is 9.77. The molecule has 0 spiro atoms. The number of phenols is 1. The molecule has 0 aliphatic rings. The molecule has 0 amide bonds. The van der Waals surface area contributed by atoms with Gasteiger partial charge in [0.05, 0.1) is 5.69 Å². The maximum atomic E-state index is 10.7. The van der Waals surface area contributed by atoms with Crippen molar-refractivity contribution in [2.75, 3.05) is 0 Å². The molecule has 0 unspecified atom stereocenters. The number of aromatic hydroxyl groups is 1. The van der Waals surface area contributed by atoms with Crippen LogP contribution in [0.15, 0.2) is 30.3 Å². The predicted octanol–water partition coefficient (Wildman–Crippen LogP) is 2.88. The van der Waals surface area contributed by atoms with Crippen molar-refractivity contribution >= 4 is 6.29 Å². The lowest BCUT2D eigenvalue weighted by Crippen LogP contribution is -1.94. The zero-order valence-electron chi connectivity index (χ0n) is 9.77. The lowest BCUT2D eigenvalue weighted by Gasteiger charge is -2.10. The highest BCUT2D eigenvalue weighted by Gasteiger charge is 2.09. The van der Waals surface area contributed by atoms with Crippen LogP contribution in [0, 0.1) is 13.8 Å². The van der Waals surface area contributed by atoms with E-state index in [4.69, 9.17) is 0 Å². The molecule has 0 radical (unpaired) electrons. The summed E-state index contributed by atoms with van der Waals surface area (Å²) in [6.07, 6.45) is 0.731. The Balaban J connectivity index is 2.63. The van der Waals surface area contributed by atoms with E-state index in [1.54, 1.807) is 24.3 Å². The molecule has 0 atom stereocenters. The van der Waals surface area contributed by atoms with Gasteiger partial charge in [0.15, 0.2) is 6.29 Å². The van der Waals surface area contributed by atoms with Gasteiger partial charge in [0.25, 0.3) is 0 Å². The van der Waals surface area contributed by atoms with Crippen molar-refractivity contribution in [3.8, 4) is 17.0 Å². The largest absolute Gasteiger partial charge is 0.508 e. The van der Waals surface area contributed by atoms with E-state index in [0.29, 0.717) is 5.69 Å². The van der Waals surface area contributed by atoms with Gasteiger partial charge in [-0.3, -0.25) is 4.79 Å². The number of aromatic nitrogens is 1. The van der Waals surface area contributed by atoms with Crippen molar-refractivity contribution in [3.05, 3.63) is 47.2 Å². The molecular formula is C14H13NO2. The Morgan fingerprint density at radius 2 is 1.82 bits per heavy atom. The highest BCUT2D eigenvalue weighted by atomic mass is 16.3. The van der Waals surface area contributed by atoms with Crippen molar-refractivity contribution in [3.63, 3.8) is 0 Å². The van der Waals surface area contributed by atoms with Crippen molar-refractivity contribution in [1.82, 2.24) is 4.98 Å². The highest BCUT2D eigenvalue weighted by molar-refractivity contribution is 5.75. The number of benzene rings is 1. The van der Waals surface area contributed by atoms with Gasteiger partial charge in [0.1, 0.15) is 11.4 Å². The molecule has 1 aromatic heterocycles. The van der Waals surface area contributed by atoms with Crippen LogP contribution in [0.2, 0.25) is 0 Å². The van der Waals surface area contributed by atoms with E-state index < -0.39 is 0 Å². The Hall–Kier alpha value is -2.16. The lowest BCUT2D eigenvalue weighted by atomic mass is 9.99. The minimum atomic E-state index is 0.246. The average molecular weight is 227 g/mol. The van der Waals surface area contributed by atoms with Crippen LogP contribution in [-0.4, -0.2) is 16.4 Å². The molecule has 2 aromatic rings. The molecule has 3 heteroatoms. The maximum Gasteiger partial charge on any atom is 0.168 e. The fourth-order valence-corrected chi connectivity index (χ4v) is 2.00. The van der Waals surface area contributed by atoms with Crippen LogP contribution in [0.4, 0.5) is 0 Å². The fraction of sp³-hybridized carbons (Fsp3) is 0.143. The number of carbonyl (C=O) groups excluding carboxylic acids is 1. The molecule has 17 heavy (non-hydrogen) atoms. The molecular weight excluding hydrogens is 214 g/mol. The van der Waals surface area contributed by atoms with Crippen molar-refractivity contribution in [2.45, 2.75) is 13.8 Å². The molecule has 0 aliphatic carbocycles. The SMILES string of the molecule is Cc1cc(O)cc(C)c1-c1cccc(C=O)n1. The van der Waals surface area contributed by atoms with Gasteiger partial charge in [0, 0.05) is 5.56 Å². The molecule has 1 heterocycles. The van der Waals surface area contributed by atoms with E-state index in [9.17, 15) is 9.90 Å². The molecule has 0 fully saturated rings. The first-order valence-corrected chi connectivity index (χ1v) is 5.34. The first-order chi connectivity index (χ1) is 8.11. The topological polar surface area (TPSA) is 50.2 Å². The fourth-order valence-electron chi connectivity index (χ4n) is 2.00. The van der Waals surface area contributed by atoms with E-state index in [-0.39, 0.29) is 5.75 Å². The molecule has 0 saturated heterocycles. The van der Waals surface area contributed by atoms with Gasteiger partial charge in [-0.1, -0.05) is 6.07 Å². The number of aldehydes is 1. The Morgan fingerprint density at radius 3 is 2.41 bits per heavy atom. The number of pyridine rings is 1. The van der Waals surface area contributed by atoms with E-state index in [0.717, 1.165) is 28.7 Å². The van der Waals surface area contributed by atoms with Gasteiger partial charge in [-0.05, 0) is 49.2 Å². The van der Waals surface area contributed by atoms with Crippen molar-refractivity contribution in [1.29, 1.82) is 0 Å². The van der Waals surface area contributed by atoms with Gasteiger partial charge >= 0.3 is 0 Å². The van der Waals surface area contributed by atoms with E-state index >= 15 is 0 Å². The second-order valence-corrected chi connectivity index (χ2v) is 4.02. The standard InChI is InChI=1S/C14H13NO2/c1-9-6-12(17)7-10(2)14(9)13-5-3-4-11(8-16)15-13/h3-8,17H,1-2H3. The van der Waals surface area contributed by atoms with Crippen LogP contribution in [0.1, 0.15) is 21.6 Å². The minimum Gasteiger partial charge on any atom is -0.508 e.